The second-order valence-corrected chi connectivity index (χ2v) is 14.4. The predicted molar refractivity (Wildman–Crippen MR) is 227 cm³/mol. The summed E-state index contributed by atoms with van der Waals surface area (Å²) in [5.41, 5.74) is -0.278. The quantitative estimate of drug-likeness (QED) is 0.0217. The molecule has 0 amide bonds. The van der Waals surface area contributed by atoms with E-state index in [2.05, 4.69) is 47.4 Å². The topological polar surface area (TPSA) is 502 Å². The van der Waals surface area contributed by atoms with Crippen molar-refractivity contribution in [2.75, 3.05) is 26.4 Å². The van der Waals surface area contributed by atoms with Crippen molar-refractivity contribution < 1.29 is 164 Å². The van der Waals surface area contributed by atoms with Gasteiger partial charge in [-0.25, -0.2) is 71.9 Å². The van der Waals surface area contributed by atoms with Crippen molar-refractivity contribution >= 4 is 101 Å². The summed E-state index contributed by atoms with van der Waals surface area (Å²) in [4.78, 5) is 205. The van der Waals surface area contributed by atoms with Crippen LogP contribution in [0.1, 0.15) is 50.9 Å². The molecule has 0 aliphatic carbocycles. The van der Waals surface area contributed by atoms with Gasteiger partial charge in [-0.2, -0.15) is 0 Å². The molecule has 1 aromatic rings. The van der Waals surface area contributed by atoms with Crippen LogP contribution in [0.5, 0.6) is 0 Å². The first kappa shape index (κ1) is 65.6. The zero-order valence-electron chi connectivity index (χ0n) is 40.0. The minimum absolute atomic E-state index is 0.278. The van der Waals surface area contributed by atoms with Crippen LogP contribution in [0.4, 0.5) is 0 Å². The minimum Gasteiger partial charge on any atom is -0.479 e. The minimum atomic E-state index is -2.84. The Bertz CT molecular complexity index is 2450. The number of carbonyl (C=O) groups excluding carboxylic acids is 15. The average molecular weight is 1100 g/mol. The number of aliphatic carboxylic acids is 2. The molecule has 0 aliphatic heterocycles. The van der Waals surface area contributed by atoms with Crippen LogP contribution in [-0.4, -0.2) is 202 Å². The summed E-state index contributed by atoms with van der Waals surface area (Å²) in [6.07, 6.45) is -19.8. The molecule has 8 atom stereocenters. The normalized spacial score (nSPS) is 13.8. The van der Waals surface area contributed by atoms with E-state index in [4.69, 9.17) is 14.6 Å². The molecule has 0 heterocycles. The molecule has 0 spiro atoms. The summed E-state index contributed by atoms with van der Waals surface area (Å²) in [6, 6.07) is 6.41. The van der Waals surface area contributed by atoms with Gasteiger partial charge in [0.2, 0.25) is 12.2 Å². The molecule has 1 aromatic carbocycles. The van der Waals surface area contributed by atoms with Gasteiger partial charge in [-0.1, -0.05) is 18.2 Å². The Balaban J connectivity index is 2.77. The number of carboxylic acid groups (broad SMARTS) is 2. The van der Waals surface area contributed by atoms with Gasteiger partial charge in [-0.15, -0.1) is 0 Å². The van der Waals surface area contributed by atoms with Crippen LogP contribution in [0.2, 0.25) is 0 Å². The van der Waals surface area contributed by atoms with Crippen molar-refractivity contribution in [3.8, 4) is 0 Å². The van der Waals surface area contributed by atoms with E-state index in [1.807, 2.05) is 0 Å². The SMILES string of the molecule is CC(O)C(=O)OC(=O)COC(=O)C(O)CC(=O)OCC(=O)OC(=O)C(C)OC(=O)/C=C\C(=O)OC(C)C(=O)OC(=O)COC(=O)CC(OC(C(=O)O)C(OC(=O)c1ccccc1)C(=O)O)C(=O)OCC(=O)OC(=O)C(C)O. The van der Waals surface area contributed by atoms with Gasteiger partial charge >= 0.3 is 101 Å². The van der Waals surface area contributed by atoms with Gasteiger partial charge < -0.3 is 82.4 Å². The molecule has 420 valence electrons. The summed E-state index contributed by atoms with van der Waals surface area (Å²) in [5, 5.41) is 47.4. The second kappa shape index (κ2) is 32.7. The predicted octanol–water partition coefficient (Wildman–Crippen LogP) is -5.09. The Morgan fingerprint density at radius 2 is 0.818 bits per heavy atom. The van der Waals surface area contributed by atoms with E-state index >= 15 is 0 Å². The van der Waals surface area contributed by atoms with E-state index < -0.39 is 190 Å². The maximum absolute atomic E-state index is 12.9. The van der Waals surface area contributed by atoms with Gasteiger partial charge in [0, 0.05) is 12.2 Å². The Labute approximate surface area is 428 Å². The lowest BCUT2D eigenvalue weighted by atomic mass is 10.1. The second-order valence-electron chi connectivity index (χ2n) is 14.4. The number of benzene rings is 1. The zero-order chi connectivity index (χ0) is 58.7. The van der Waals surface area contributed by atoms with E-state index in [-0.39, 0.29) is 5.56 Å². The lowest BCUT2D eigenvalue weighted by molar-refractivity contribution is -0.189. The summed E-state index contributed by atoms with van der Waals surface area (Å²) >= 11 is 0. The molecular weight excluding hydrogens is 1060 g/mol. The summed E-state index contributed by atoms with van der Waals surface area (Å²) in [6.45, 7) is -1.92. The number of aliphatic hydroxyl groups is 3. The van der Waals surface area contributed by atoms with Crippen LogP contribution < -0.4 is 0 Å². The highest BCUT2D eigenvalue weighted by Gasteiger charge is 2.43. The molecule has 0 saturated heterocycles. The van der Waals surface area contributed by atoms with Crippen LogP contribution >= 0.6 is 0 Å². The number of carbonyl (C=O) groups is 17. The number of hydrogen-bond acceptors (Lipinski definition) is 32. The molecule has 0 fully saturated rings. The molecule has 34 nitrogen and oxygen atoms in total. The molecule has 1 rings (SSSR count). The van der Waals surface area contributed by atoms with Gasteiger partial charge in [-0.3, -0.25) is 9.59 Å². The fraction of sp³-hybridized carbons (Fsp3) is 0.419. The Morgan fingerprint density at radius 1 is 0.442 bits per heavy atom. The van der Waals surface area contributed by atoms with Crippen LogP contribution in [0, 0.1) is 0 Å². The molecule has 0 bridgehead atoms. The van der Waals surface area contributed by atoms with E-state index in [0.717, 1.165) is 39.8 Å². The van der Waals surface area contributed by atoms with Crippen LogP contribution in [0.25, 0.3) is 0 Å². The molecule has 34 heteroatoms. The molecule has 77 heavy (non-hydrogen) atoms. The van der Waals surface area contributed by atoms with Crippen molar-refractivity contribution in [2.24, 2.45) is 0 Å². The summed E-state index contributed by atoms with van der Waals surface area (Å²) < 4.78 is 53.8. The number of hydrogen-bond donors (Lipinski definition) is 5. The number of esters is 15. The zero-order valence-corrected chi connectivity index (χ0v) is 40.0. The molecule has 0 aromatic heterocycles. The Kier molecular flexibility index (Phi) is 27.9. The maximum Gasteiger partial charge on any atom is 0.354 e. The van der Waals surface area contributed by atoms with E-state index in [0.29, 0.717) is 12.2 Å². The Morgan fingerprint density at radius 3 is 1.22 bits per heavy atom. The van der Waals surface area contributed by atoms with Gasteiger partial charge in [0.05, 0.1) is 18.4 Å². The summed E-state index contributed by atoms with van der Waals surface area (Å²) in [7, 11) is 0. The van der Waals surface area contributed by atoms with Gasteiger partial charge in [0.25, 0.3) is 0 Å². The summed E-state index contributed by atoms with van der Waals surface area (Å²) in [5.74, 6) is -27.7. The third kappa shape index (κ3) is 25.9. The van der Waals surface area contributed by atoms with Crippen LogP contribution in [0.3, 0.4) is 0 Å². The lowest BCUT2D eigenvalue weighted by Gasteiger charge is -2.24. The van der Waals surface area contributed by atoms with Gasteiger partial charge in [-0.05, 0) is 39.8 Å². The van der Waals surface area contributed by atoms with Crippen molar-refractivity contribution in [1.29, 1.82) is 0 Å². The smallest absolute Gasteiger partial charge is 0.354 e. The number of aliphatic hydroxyl groups excluding tert-OH is 3. The molecule has 5 N–H and O–H groups in total. The Hall–Kier alpha value is -9.41. The van der Waals surface area contributed by atoms with Gasteiger partial charge in [0.15, 0.2) is 50.8 Å². The fourth-order valence-corrected chi connectivity index (χ4v) is 4.42. The first-order chi connectivity index (χ1) is 35.9. The number of carboxylic acids is 2. The molecular formula is C43H44O34. The number of rotatable bonds is 29. The molecule has 0 saturated carbocycles. The van der Waals surface area contributed by atoms with Crippen molar-refractivity contribution in [1.82, 2.24) is 0 Å². The molecule has 0 aliphatic rings. The highest BCUT2D eigenvalue weighted by Crippen LogP contribution is 2.16. The third-order valence-electron chi connectivity index (χ3n) is 8.07. The standard InChI is InChI=1S/C43H44O34/c1-18(44)37(59)73-31(53)16-68-42(64)23(46)12-27(49)66-14-29(51)75-39(61)20(3)70-25(47)10-11-26(48)71-21(4)40(62)76-30(52)15-67-28(50)13-24(43(65)69-17-32(54)74-38(60)19(2)45)72-33(35(55)56)34(36(57)58)77-41(63)22-8-6-5-7-9-22/h5-11,18-21,23-24,33-34,44-46H,12-17H2,1-4H3,(H,55,56)(H,57,58)/b11-10-. The fourth-order valence-electron chi connectivity index (χ4n) is 4.42. The lowest BCUT2D eigenvalue weighted by Crippen LogP contribution is -2.48. The third-order valence-corrected chi connectivity index (χ3v) is 8.07. The molecule has 8 unspecified atom stereocenters. The van der Waals surface area contributed by atoms with Gasteiger partial charge in [0.1, 0.15) is 12.2 Å². The van der Waals surface area contributed by atoms with E-state index in [9.17, 15) is 102 Å². The van der Waals surface area contributed by atoms with Crippen LogP contribution in [0.15, 0.2) is 42.5 Å². The highest BCUT2D eigenvalue weighted by molar-refractivity contribution is 5.97. The maximum atomic E-state index is 12.9. The van der Waals surface area contributed by atoms with Crippen molar-refractivity contribution in [3.05, 3.63) is 48.0 Å². The highest BCUT2D eigenvalue weighted by atomic mass is 16.7. The van der Waals surface area contributed by atoms with E-state index in [1.165, 1.54) is 18.2 Å². The largest absolute Gasteiger partial charge is 0.479 e. The van der Waals surface area contributed by atoms with Crippen molar-refractivity contribution in [3.63, 3.8) is 0 Å². The monoisotopic (exact) mass is 1100 g/mol. The van der Waals surface area contributed by atoms with Crippen molar-refractivity contribution in [2.45, 2.75) is 89.4 Å². The number of ether oxygens (including phenoxy) is 12. The average Bonchev–Trinajstić information content (AvgIpc) is 3.35. The first-order valence-corrected chi connectivity index (χ1v) is 21.0. The van der Waals surface area contributed by atoms with Crippen LogP contribution in [-0.2, 0) is 134 Å². The van der Waals surface area contributed by atoms with E-state index in [1.54, 1.807) is 0 Å². The first-order valence-electron chi connectivity index (χ1n) is 21.0. The molecule has 0 radical (unpaired) electrons.